The zero-order valence-corrected chi connectivity index (χ0v) is 19.3. The third kappa shape index (κ3) is 2.63. The van der Waals surface area contributed by atoms with Gasteiger partial charge in [-0.15, -0.1) is 0 Å². The van der Waals surface area contributed by atoms with Crippen LogP contribution in [-0.2, 0) is 30.0 Å². The average Bonchev–Trinajstić information content (AvgIpc) is 3.23. The van der Waals surface area contributed by atoms with Crippen molar-refractivity contribution in [2.75, 3.05) is 6.54 Å². The summed E-state index contributed by atoms with van der Waals surface area (Å²) in [4.78, 5) is 11.9. The van der Waals surface area contributed by atoms with Crippen molar-refractivity contribution in [2.24, 2.45) is 7.05 Å². The lowest BCUT2D eigenvalue weighted by Crippen LogP contribution is -2.43. The molecule has 1 atom stereocenters. The van der Waals surface area contributed by atoms with Crippen LogP contribution in [0.4, 0.5) is 0 Å². The van der Waals surface area contributed by atoms with Crippen molar-refractivity contribution in [1.29, 1.82) is 0 Å². The van der Waals surface area contributed by atoms with E-state index >= 15 is 0 Å². The Morgan fingerprint density at radius 1 is 1.12 bits per heavy atom. The van der Waals surface area contributed by atoms with Crippen molar-refractivity contribution in [3.05, 3.63) is 62.7 Å². The van der Waals surface area contributed by atoms with E-state index in [1.807, 2.05) is 0 Å². The molecule has 32 heavy (non-hydrogen) atoms. The molecular formula is C23H22ClN3O4S. The first-order valence-corrected chi connectivity index (χ1v) is 12.5. The highest BCUT2D eigenvalue weighted by Crippen LogP contribution is 2.45. The van der Waals surface area contributed by atoms with E-state index in [1.54, 1.807) is 11.4 Å². The summed E-state index contributed by atoms with van der Waals surface area (Å²) in [5.41, 5.74) is 5.42. The Balaban J connectivity index is 1.52. The molecule has 0 amide bonds. The fraction of sp³-hybridized carbons (Fsp3) is 0.348. The number of nitrogens with zero attached hydrogens (tertiary/aromatic N) is 3. The fourth-order valence-electron chi connectivity index (χ4n) is 5.43. The van der Waals surface area contributed by atoms with Crippen LogP contribution in [-0.4, -0.2) is 28.4 Å². The number of oxazole rings is 1. The Kier molecular flexibility index (Phi) is 4.22. The molecule has 9 heteroatoms. The van der Waals surface area contributed by atoms with Gasteiger partial charge in [-0.1, -0.05) is 23.2 Å². The number of aromatic nitrogens is 2. The molecule has 1 aliphatic heterocycles. The largest absolute Gasteiger partial charge is 0.419 e. The van der Waals surface area contributed by atoms with Gasteiger partial charge in [-0.25, -0.2) is 13.2 Å². The van der Waals surface area contributed by atoms with Gasteiger partial charge in [0, 0.05) is 42.8 Å². The zero-order chi connectivity index (χ0) is 22.4. The third-order valence-corrected chi connectivity index (χ3v) is 9.28. The molecule has 6 rings (SSSR count). The molecule has 3 heterocycles. The molecule has 0 N–H and O–H groups in total. The minimum absolute atomic E-state index is 0.0199. The summed E-state index contributed by atoms with van der Waals surface area (Å²) in [5.74, 6) is -0.555. The molecule has 0 saturated heterocycles. The van der Waals surface area contributed by atoms with Crippen LogP contribution in [0.5, 0.6) is 0 Å². The molecule has 0 fully saturated rings. The van der Waals surface area contributed by atoms with E-state index in [4.69, 9.17) is 16.0 Å². The minimum atomic E-state index is -3.90. The van der Waals surface area contributed by atoms with Gasteiger partial charge in [-0.3, -0.25) is 4.57 Å². The first-order chi connectivity index (χ1) is 15.3. The molecule has 166 valence electrons. The van der Waals surface area contributed by atoms with Crippen LogP contribution in [0.1, 0.15) is 35.7 Å². The molecule has 2 aromatic carbocycles. The van der Waals surface area contributed by atoms with E-state index < -0.39 is 15.8 Å². The topological polar surface area (TPSA) is 77.5 Å². The van der Waals surface area contributed by atoms with E-state index in [2.05, 4.69) is 29.7 Å². The second-order valence-corrected chi connectivity index (χ2v) is 11.0. The Bertz CT molecular complexity index is 1600. The Hall–Kier alpha value is -2.55. The maximum absolute atomic E-state index is 13.8. The van der Waals surface area contributed by atoms with Gasteiger partial charge in [0.15, 0.2) is 5.58 Å². The minimum Gasteiger partial charge on any atom is -0.408 e. The van der Waals surface area contributed by atoms with Crippen molar-refractivity contribution in [2.45, 2.75) is 43.7 Å². The summed E-state index contributed by atoms with van der Waals surface area (Å²) < 4.78 is 38.1. The smallest absolute Gasteiger partial charge is 0.408 e. The van der Waals surface area contributed by atoms with E-state index in [0.29, 0.717) is 18.6 Å². The van der Waals surface area contributed by atoms with E-state index in [9.17, 15) is 13.2 Å². The van der Waals surface area contributed by atoms with Gasteiger partial charge in [-0.2, -0.15) is 4.31 Å². The average molecular weight is 472 g/mol. The quantitative estimate of drug-likeness (QED) is 0.440. The summed E-state index contributed by atoms with van der Waals surface area (Å²) in [6.07, 6.45) is 2.65. The van der Waals surface area contributed by atoms with E-state index in [-0.39, 0.29) is 21.5 Å². The van der Waals surface area contributed by atoms with Gasteiger partial charge >= 0.3 is 5.76 Å². The van der Waals surface area contributed by atoms with Crippen molar-refractivity contribution in [3.8, 4) is 0 Å². The molecule has 2 aromatic heterocycles. The Labute approximate surface area is 189 Å². The van der Waals surface area contributed by atoms with Gasteiger partial charge in [-0.05, 0) is 49.9 Å². The van der Waals surface area contributed by atoms with Crippen molar-refractivity contribution < 1.29 is 12.8 Å². The van der Waals surface area contributed by atoms with E-state index in [0.717, 1.165) is 25.0 Å². The van der Waals surface area contributed by atoms with Crippen LogP contribution in [0.3, 0.4) is 0 Å². The molecule has 0 bridgehead atoms. The van der Waals surface area contributed by atoms with Crippen molar-refractivity contribution in [1.82, 2.24) is 13.4 Å². The van der Waals surface area contributed by atoms with Crippen molar-refractivity contribution in [3.63, 3.8) is 0 Å². The second kappa shape index (κ2) is 6.73. The number of fused-ring (bicyclic) bond motifs is 4. The van der Waals surface area contributed by atoms with Gasteiger partial charge in [0.2, 0.25) is 10.0 Å². The molecular weight excluding hydrogens is 450 g/mol. The van der Waals surface area contributed by atoms with Gasteiger partial charge in [0.25, 0.3) is 0 Å². The number of hydrogen-bond donors (Lipinski definition) is 0. The summed E-state index contributed by atoms with van der Waals surface area (Å²) in [6, 6.07) is 9.10. The first-order valence-electron chi connectivity index (χ1n) is 10.7. The maximum atomic E-state index is 13.8. The number of benzene rings is 2. The molecule has 2 aliphatic rings. The maximum Gasteiger partial charge on any atom is 0.419 e. The Morgan fingerprint density at radius 3 is 2.75 bits per heavy atom. The van der Waals surface area contributed by atoms with E-state index in [1.165, 1.54) is 38.7 Å². The van der Waals surface area contributed by atoms with Crippen LogP contribution >= 0.6 is 11.6 Å². The predicted octanol–water partition coefficient (Wildman–Crippen LogP) is 4.13. The molecule has 0 unspecified atom stereocenters. The van der Waals surface area contributed by atoms with Gasteiger partial charge in [0.1, 0.15) is 4.90 Å². The zero-order valence-electron chi connectivity index (χ0n) is 17.8. The fourth-order valence-corrected chi connectivity index (χ4v) is 7.55. The molecule has 4 aromatic rings. The second-order valence-electron chi connectivity index (χ2n) is 8.74. The first kappa shape index (κ1) is 20.1. The normalized spacial score (nSPS) is 19.0. The number of aryl methyl sites for hydroxylation is 3. The van der Waals surface area contributed by atoms with Crippen LogP contribution in [0, 0.1) is 6.92 Å². The predicted molar refractivity (Wildman–Crippen MR) is 123 cm³/mol. The highest BCUT2D eigenvalue weighted by Gasteiger charge is 2.41. The SMILES string of the molecule is Cc1ccc2c(c1)c1c3n2CCN(S(=O)(=O)c2cc4oc(=O)n(C)c4cc2Cl)[C@@H]3CCC1. The number of hydrogen-bond acceptors (Lipinski definition) is 4. The molecule has 0 radical (unpaired) electrons. The highest BCUT2D eigenvalue weighted by atomic mass is 35.5. The molecule has 1 aliphatic carbocycles. The van der Waals surface area contributed by atoms with Crippen LogP contribution in [0.2, 0.25) is 5.02 Å². The van der Waals surface area contributed by atoms with Crippen molar-refractivity contribution >= 4 is 43.6 Å². The summed E-state index contributed by atoms with van der Waals surface area (Å²) in [5, 5.41) is 1.32. The van der Waals surface area contributed by atoms with Crippen LogP contribution < -0.4 is 5.76 Å². The molecule has 7 nitrogen and oxygen atoms in total. The highest BCUT2D eigenvalue weighted by molar-refractivity contribution is 7.89. The number of rotatable bonds is 2. The van der Waals surface area contributed by atoms with Crippen LogP contribution in [0.25, 0.3) is 22.0 Å². The summed E-state index contributed by atoms with van der Waals surface area (Å²) in [7, 11) is -2.34. The lowest BCUT2D eigenvalue weighted by Gasteiger charge is -2.39. The monoisotopic (exact) mass is 471 g/mol. The van der Waals surface area contributed by atoms with Gasteiger partial charge in [0.05, 0.1) is 16.6 Å². The number of sulfonamides is 1. The summed E-state index contributed by atoms with van der Waals surface area (Å²) >= 11 is 6.44. The standard InChI is InChI=1S/C23H22ClN3O4S/c1-13-6-7-17-15(10-13)14-4-3-5-18-22(14)26(17)8-9-27(18)32(29,30)21-12-20-19(11-16(21)24)25(2)23(28)31-20/h6-7,10-12,18H,3-5,8-9H2,1-2H3/t18-/m1/s1. The summed E-state index contributed by atoms with van der Waals surface area (Å²) in [6.45, 7) is 3.04. The molecule has 0 spiro atoms. The van der Waals surface area contributed by atoms with Crippen LogP contribution in [0.15, 0.2) is 44.4 Å². The molecule has 0 saturated carbocycles. The van der Waals surface area contributed by atoms with Gasteiger partial charge < -0.3 is 8.98 Å². The third-order valence-electron chi connectivity index (χ3n) is 6.91. The number of halogens is 1. The lowest BCUT2D eigenvalue weighted by molar-refractivity contribution is 0.243. The Morgan fingerprint density at radius 2 is 1.94 bits per heavy atom. The lowest BCUT2D eigenvalue weighted by atomic mass is 9.90.